The fourth-order valence-electron chi connectivity index (χ4n) is 3.47. The fraction of sp³-hybridized carbons (Fsp3) is 0.125. The third-order valence-electron chi connectivity index (χ3n) is 5.15. The smallest absolute Gasteiger partial charge is 0.344 e. The summed E-state index contributed by atoms with van der Waals surface area (Å²) >= 11 is 0. The number of amides is 2. The highest BCUT2D eigenvalue weighted by molar-refractivity contribution is 5.97. The second kappa shape index (κ2) is 9.51. The van der Waals surface area contributed by atoms with Gasteiger partial charge in [0, 0.05) is 11.8 Å². The number of benzene rings is 2. The molecule has 1 aliphatic heterocycles. The van der Waals surface area contributed by atoms with Crippen LogP contribution in [0.4, 0.5) is 0 Å². The Labute approximate surface area is 198 Å². The van der Waals surface area contributed by atoms with Crippen molar-refractivity contribution in [2.75, 3.05) is 13.2 Å². The fourth-order valence-corrected chi connectivity index (χ4v) is 3.47. The molecule has 3 heterocycles. The summed E-state index contributed by atoms with van der Waals surface area (Å²) in [6.45, 7) is -0.639. The number of nitrogens with zero attached hydrogens (tertiary/aromatic N) is 3. The van der Waals surface area contributed by atoms with Crippen molar-refractivity contribution in [2.24, 2.45) is 0 Å². The first-order chi connectivity index (χ1) is 17.1. The van der Waals surface area contributed by atoms with Crippen molar-refractivity contribution in [1.82, 2.24) is 25.4 Å². The first kappa shape index (κ1) is 21.9. The number of hydrazine groups is 1. The molecule has 2 aromatic heterocycles. The molecule has 0 aliphatic carbocycles. The Morgan fingerprint density at radius 2 is 1.77 bits per heavy atom. The average Bonchev–Trinajstić information content (AvgIpc) is 3.35. The number of fused-ring (bicyclic) bond motifs is 2. The molecule has 11 heteroatoms. The third-order valence-corrected chi connectivity index (χ3v) is 5.15. The number of nitrogens with one attached hydrogen (secondary N) is 2. The number of para-hydroxylation sites is 2. The number of esters is 1. The predicted octanol–water partition coefficient (Wildman–Crippen LogP) is 1.54. The van der Waals surface area contributed by atoms with Gasteiger partial charge in [0.1, 0.15) is 12.2 Å². The van der Waals surface area contributed by atoms with E-state index in [9.17, 15) is 14.4 Å². The first-order valence-electron chi connectivity index (χ1n) is 10.6. The summed E-state index contributed by atoms with van der Waals surface area (Å²) < 4.78 is 17.6. The molecule has 176 valence electrons. The van der Waals surface area contributed by atoms with Crippen LogP contribution < -0.4 is 20.3 Å². The largest absolute Gasteiger partial charge is 0.485 e. The highest BCUT2D eigenvalue weighted by atomic mass is 16.6. The predicted molar refractivity (Wildman–Crippen MR) is 121 cm³/mol. The van der Waals surface area contributed by atoms with Crippen molar-refractivity contribution in [2.45, 2.75) is 6.10 Å². The lowest BCUT2D eigenvalue weighted by atomic mass is 10.1. The molecule has 1 atom stereocenters. The summed E-state index contributed by atoms with van der Waals surface area (Å²) in [5, 5.41) is 4.24. The van der Waals surface area contributed by atoms with Gasteiger partial charge in [0.15, 0.2) is 23.8 Å². The van der Waals surface area contributed by atoms with E-state index in [0.29, 0.717) is 17.1 Å². The number of hydrogen-bond donors (Lipinski definition) is 2. The van der Waals surface area contributed by atoms with Crippen LogP contribution in [-0.4, -0.2) is 51.7 Å². The van der Waals surface area contributed by atoms with Gasteiger partial charge in [0.25, 0.3) is 11.8 Å². The molecule has 2 amide bonds. The summed E-state index contributed by atoms with van der Waals surface area (Å²) in [7, 11) is 0. The van der Waals surface area contributed by atoms with Gasteiger partial charge in [-0.3, -0.25) is 20.4 Å². The van der Waals surface area contributed by atoms with Crippen LogP contribution in [0.5, 0.6) is 11.5 Å². The Hall–Kier alpha value is -4.93. The molecular weight excluding hydrogens is 454 g/mol. The average molecular weight is 473 g/mol. The Bertz CT molecular complexity index is 1400. The summed E-state index contributed by atoms with van der Waals surface area (Å²) in [5.41, 5.74) is 6.45. The Kier molecular flexibility index (Phi) is 5.95. The summed E-state index contributed by atoms with van der Waals surface area (Å²) in [4.78, 5) is 41.1. The van der Waals surface area contributed by atoms with E-state index in [1.165, 1.54) is 10.7 Å². The lowest BCUT2D eigenvalue weighted by Gasteiger charge is -2.25. The zero-order chi connectivity index (χ0) is 24.2. The van der Waals surface area contributed by atoms with Crippen LogP contribution in [0.15, 0.2) is 73.1 Å². The van der Waals surface area contributed by atoms with Crippen LogP contribution in [0.1, 0.15) is 10.4 Å². The van der Waals surface area contributed by atoms with Crippen LogP contribution in [0.25, 0.3) is 16.9 Å². The molecular formula is C24H19N5O6. The first-order valence-corrected chi connectivity index (χ1v) is 10.6. The van der Waals surface area contributed by atoms with E-state index < -0.39 is 30.5 Å². The number of carbonyl (C=O) groups excluding carboxylic acids is 3. The Morgan fingerprint density at radius 1 is 1.00 bits per heavy atom. The highest BCUT2D eigenvalue weighted by Gasteiger charge is 2.27. The highest BCUT2D eigenvalue weighted by Crippen LogP contribution is 2.30. The topological polar surface area (TPSA) is 133 Å². The van der Waals surface area contributed by atoms with E-state index in [0.717, 1.165) is 11.3 Å². The van der Waals surface area contributed by atoms with Gasteiger partial charge in [-0.15, -0.1) is 0 Å². The van der Waals surface area contributed by atoms with E-state index >= 15 is 0 Å². The third kappa shape index (κ3) is 4.60. The number of carbonyl (C=O) groups is 3. The van der Waals surface area contributed by atoms with Crippen molar-refractivity contribution < 1.29 is 28.6 Å². The van der Waals surface area contributed by atoms with Gasteiger partial charge in [-0.1, -0.05) is 42.5 Å². The summed E-state index contributed by atoms with van der Waals surface area (Å²) in [5.74, 6) is -1.17. The van der Waals surface area contributed by atoms with Gasteiger partial charge < -0.3 is 14.2 Å². The van der Waals surface area contributed by atoms with E-state index in [1.807, 2.05) is 30.3 Å². The maximum atomic E-state index is 12.6. The van der Waals surface area contributed by atoms with E-state index in [1.54, 1.807) is 36.5 Å². The lowest BCUT2D eigenvalue weighted by molar-refractivity contribution is -0.135. The summed E-state index contributed by atoms with van der Waals surface area (Å²) in [6.07, 6.45) is 1.94. The maximum Gasteiger partial charge on any atom is 0.344 e. The van der Waals surface area contributed by atoms with Crippen LogP contribution in [0.2, 0.25) is 0 Å². The minimum Gasteiger partial charge on any atom is -0.485 e. The molecule has 0 saturated heterocycles. The minimum absolute atomic E-state index is 0.0135. The van der Waals surface area contributed by atoms with E-state index in [4.69, 9.17) is 14.2 Å². The SMILES string of the molecule is O=C(COC(=O)c1cnn2c(-c3ccccc3)ccnc12)NNC(=O)C1COc2ccccc2O1. The second-order valence-electron chi connectivity index (χ2n) is 7.47. The van der Waals surface area contributed by atoms with Crippen molar-refractivity contribution in [3.8, 4) is 22.8 Å². The molecule has 11 nitrogen and oxygen atoms in total. The van der Waals surface area contributed by atoms with E-state index in [-0.39, 0.29) is 12.2 Å². The molecule has 0 bridgehead atoms. The van der Waals surface area contributed by atoms with Crippen LogP contribution >= 0.6 is 0 Å². The van der Waals surface area contributed by atoms with E-state index in [2.05, 4.69) is 20.9 Å². The lowest BCUT2D eigenvalue weighted by Crippen LogP contribution is -2.51. The quantitative estimate of drug-likeness (QED) is 0.329. The zero-order valence-electron chi connectivity index (χ0n) is 18.2. The van der Waals surface area contributed by atoms with Crippen molar-refractivity contribution in [3.05, 3.63) is 78.6 Å². The molecule has 35 heavy (non-hydrogen) atoms. The van der Waals surface area contributed by atoms with Gasteiger partial charge >= 0.3 is 5.97 Å². The van der Waals surface area contributed by atoms with Gasteiger partial charge in [0.2, 0.25) is 6.10 Å². The van der Waals surface area contributed by atoms with Gasteiger partial charge in [-0.05, 0) is 18.2 Å². The van der Waals surface area contributed by atoms with Crippen molar-refractivity contribution >= 4 is 23.4 Å². The van der Waals surface area contributed by atoms with Crippen molar-refractivity contribution in [1.29, 1.82) is 0 Å². The molecule has 1 aliphatic rings. The molecule has 2 aromatic carbocycles. The normalized spacial score (nSPS) is 14.2. The van der Waals surface area contributed by atoms with Gasteiger partial charge in [0.05, 0.1) is 11.9 Å². The number of hydrogen-bond acceptors (Lipinski definition) is 8. The monoisotopic (exact) mass is 473 g/mol. The molecule has 5 rings (SSSR count). The molecule has 0 saturated carbocycles. The molecule has 0 spiro atoms. The number of aromatic nitrogens is 3. The van der Waals surface area contributed by atoms with Gasteiger partial charge in [-0.2, -0.15) is 5.10 Å². The van der Waals surface area contributed by atoms with Crippen LogP contribution in [0, 0.1) is 0 Å². The van der Waals surface area contributed by atoms with Crippen LogP contribution in [-0.2, 0) is 14.3 Å². The second-order valence-corrected chi connectivity index (χ2v) is 7.47. The Morgan fingerprint density at radius 3 is 2.60 bits per heavy atom. The number of rotatable bonds is 5. The molecule has 0 fully saturated rings. The summed E-state index contributed by atoms with van der Waals surface area (Å²) in [6, 6.07) is 18.2. The van der Waals surface area contributed by atoms with Gasteiger partial charge in [-0.25, -0.2) is 14.3 Å². The molecule has 4 aromatic rings. The number of ether oxygens (including phenoxy) is 3. The zero-order valence-corrected chi connectivity index (χ0v) is 18.2. The van der Waals surface area contributed by atoms with Crippen LogP contribution in [0.3, 0.4) is 0 Å². The molecule has 0 radical (unpaired) electrons. The van der Waals surface area contributed by atoms with Crippen molar-refractivity contribution in [3.63, 3.8) is 0 Å². The minimum atomic E-state index is -0.948. The standard InChI is InChI=1S/C24H19N5O6/c30-21(27-28-23(31)20-13-33-18-8-4-5-9-19(18)35-20)14-34-24(32)16-12-26-29-17(10-11-25-22(16)29)15-6-2-1-3-7-15/h1-12,20H,13-14H2,(H,27,30)(H,28,31). The molecule has 2 N–H and O–H groups in total. The maximum absolute atomic E-state index is 12.6. The molecule has 1 unspecified atom stereocenters. The Balaban J connectivity index is 1.16.